The van der Waals surface area contributed by atoms with Gasteiger partial charge in [0.15, 0.2) is 23.0 Å². The molecule has 10 heteroatoms. The topological polar surface area (TPSA) is 102 Å². The summed E-state index contributed by atoms with van der Waals surface area (Å²) in [7, 11) is 3.47. The van der Waals surface area contributed by atoms with Crippen LogP contribution in [0.1, 0.15) is 30.6 Å². The summed E-state index contributed by atoms with van der Waals surface area (Å²) in [6, 6.07) is 6.26. The van der Waals surface area contributed by atoms with Crippen molar-refractivity contribution in [3.8, 4) is 34.5 Å². The smallest absolute Gasteiger partial charge is 0.342 e. The maximum atomic E-state index is 14.1. The monoisotopic (exact) mass is 470 g/mol. The number of rotatable bonds is 12. The Labute approximate surface area is 188 Å². The fourth-order valence-electron chi connectivity index (χ4n) is 3.50. The third-order valence-corrected chi connectivity index (χ3v) is 7.22. The van der Waals surface area contributed by atoms with E-state index in [1.54, 1.807) is 32.0 Å². The van der Waals surface area contributed by atoms with Crippen LogP contribution < -0.4 is 23.7 Å². The Kier molecular flexibility index (Phi) is 9.07. The van der Waals surface area contributed by atoms with Crippen LogP contribution in [0, 0.1) is 0 Å². The molecule has 0 spiro atoms. The van der Waals surface area contributed by atoms with Gasteiger partial charge < -0.3 is 37.8 Å². The van der Waals surface area contributed by atoms with Crippen LogP contribution in [0.5, 0.6) is 34.5 Å². The SMILES string of the molecule is CCOP(=O)(OCC)C(c1cc(OC)c(OC)cc1O)c1ccc(OC)c(OC)c1OC. The Balaban J connectivity index is 2.94. The van der Waals surface area contributed by atoms with Crippen LogP contribution in [-0.2, 0) is 13.6 Å². The Bertz CT molecular complexity index is 951. The lowest BCUT2D eigenvalue weighted by molar-refractivity contribution is 0.214. The quantitative estimate of drug-likeness (QED) is 0.439. The van der Waals surface area contributed by atoms with Crippen LogP contribution in [0.2, 0.25) is 0 Å². The third-order valence-electron chi connectivity index (χ3n) is 4.79. The molecule has 0 heterocycles. The molecule has 2 aromatic carbocycles. The van der Waals surface area contributed by atoms with Crippen molar-refractivity contribution in [3.05, 3.63) is 35.4 Å². The lowest BCUT2D eigenvalue weighted by Gasteiger charge is -2.29. The molecule has 2 rings (SSSR count). The van der Waals surface area contributed by atoms with Crippen LogP contribution >= 0.6 is 7.60 Å². The van der Waals surface area contributed by atoms with E-state index in [2.05, 4.69) is 0 Å². The summed E-state index contributed by atoms with van der Waals surface area (Å²) in [5.41, 5.74) is -0.409. The van der Waals surface area contributed by atoms with Crippen LogP contribution in [0.3, 0.4) is 0 Å². The minimum atomic E-state index is -3.88. The fourth-order valence-corrected chi connectivity index (χ4v) is 5.68. The molecule has 1 atom stereocenters. The van der Waals surface area contributed by atoms with Gasteiger partial charge in [-0.15, -0.1) is 0 Å². The van der Waals surface area contributed by atoms with Crippen molar-refractivity contribution in [2.24, 2.45) is 0 Å². The highest BCUT2D eigenvalue weighted by Crippen LogP contribution is 2.67. The number of phenolic OH excluding ortho intramolecular Hbond substituents is 1. The average Bonchev–Trinajstić information content (AvgIpc) is 2.79. The molecular formula is C22H31O9P. The van der Waals surface area contributed by atoms with Gasteiger partial charge in [-0.1, -0.05) is 6.07 Å². The first kappa shape index (κ1) is 25.6. The molecule has 1 unspecified atom stereocenters. The summed E-state index contributed by atoms with van der Waals surface area (Å²) in [4.78, 5) is 0. The second-order valence-electron chi connectivity index (χ2n) is 6.47. The van der Waals surface area contributed by atoms with Gasteiger partial charge in [-0.05, 0) is 26.0 Å². The highest BCUT2D eigenvalue weighted by molar-refractivity contribution is 7.54. The standard InChI is InChI=1S/C22H31O9P/c1-8-30-32(24,31-9-2)22(15-12-18(26-4)19(27-5)13-16(15)23)14-10-11-17(25-3)21(29-7)20(14)28-6/h10-13,22-23H,8-9H2,1-7H3. The number of aromatic hydroxyl groups is 1. The summed E-state index contributed by atoms with van der Waals surface area (Å²) in [6.45, 7) is 3.67. The van der Waals surface area contributed by atoms with E-state index in [0.29, 0.717) is 28.6 Å². The number of ether oxygens (including phenoxy) is 5. The van der Waals surface area contributed by atoms with Crippen molar-refractivity contribution in [2.45, 2.75) is 19.5 Å². The lowest BCUT2D eigenvalue weighted by atomic mass is 10.0. The van der Waals surface area contributed by atoms with E-state index in [9.17, 15) is 9.67 Å². The van der Waals surface area contributed by atoms with Gasteiger partial charge in [-0.2, -0.15) is 0 Å². The summed E-state index contributed by atoms with van der Waals surface area (Å²) in [5.74, 6) is 1.47. The molecule has 0 amide bonds. The number of phenols is 1. The van der Waals surface area contributed by atoms with Gasteiger partial charge in [0.05, 0.1) is 48.8 Å². The van der Waals surface area contributed by atoms with E-state index >= 15 is 0 Å². The molecule has 0 aliphatic heterocycles. The molecule has 178 valence electrons. The Morgan fingerprint density at radius 3 is 1.75 bits per heavy atom. The molecule has 0 aromatic heterocycles. The van der Waals surface area contributed by atoms with Gasteiger partial charge in [0.25, 0.3) is 0 Å². The first-order valence-electron chi connectivity index (χ1n) is 9.98. The molecule has 32 heavy (non-hydrogen) atoms. The summed E-state index contributed by atoms with van der Waals surface area (Å²) < 4.78 is 52.6. The lowest BCUT2D eigenvalue weighted by Crippen LogP contribution is -2.11. The molecule has 0 aliphatic carbocycles. The maximum absolute atomic E-state index is 14.1. The van der Waals surface area contributed by atoms with Crippen molar-refractivity contribution < 1.29 is 42.4 Å². The molecule has 1 N–H and O–H groups in total. The van der Waals surface area contributed by atoms with Crippen LogP contribution in [0.25, 0.3) is 0 Å². The summed E-state index contributed by atoms with van der Waals surface area (Å²) in [5, 5.41) is 10.9. The van der Waals surface area contributed by atoms with E-state index in [1.165, 1.54) is 41.6 Å². The normalized spacial score (nSPS) is 12.2. The van der Waals surface area contributed by atoms with Gasteiger partial charge in [0, 0.05) is 17.2 Å². The minimum Gasteiger partial charge on any atom is -0.507 e. The number of hydrogen-bond acceptors (Lipinski definition) is 9. The van der Waals surface area contributed by atoms with E-state index < -0.39 is 13.3 Å². The number of benzene rings is 2. The zero-order valence-electron chi connectivity index (χ0n) is 19.5. The largest absolute Gasteiger partial charge is 0.507 e. The van der Waals surface area contributed by atoms with Gasteiger partial charge in [0.2, 0.25) is 5.75 Å². The molecular weight excluding hydrogens is 439 g/mol. The van der Waals surface area contributed by atoms with Gasteiger partial charge in [-0.25, -0.2) is 0 Å². The first-order chi connectivity index (χ1) is 15.3. The number of methoxy groups -OCH3 is 5. The van der Waals surface area contributed by atoms with Gasteiger partial charge in [-0.3, -0.25) is 4.57 Å². The molecule has 2 aromatic rings. The van der Waals surface area contributed by atoms with Crippen molar-refractivity contribution >= 4 is 7.60 Å². The zero-order valence-corrected chi connectivity index (χ0v) is 20.4. The van der Waals surface area contributed by atoms with Crippen LogP contribution in [0.4, 0.5) is 0 Å². The third kappa shape index (κ3) is 4.90. The van der Waals surface area contributed by atoms with E-state index in [0.717, 1.165) is 0 Å². The second kappa shape index (κ2) is 11.3. The predicted molar refractivity (Wildman–Crippen MR) is 120 cm³/mol. The molecule has 0 bridgehead atoms. The van der Waals surface area contributed by atoms with Gasteiger partial charge in [0.1, 0.15) is 11.4 Å². The van der Waals surface area contributed by atoms with Crippen molar-refractivity contribution in [1.29, 1.82) is 0 Å². The predicted octanol–water partition coefficient (Wildman–Crippen LogP) is 4.79. The maximum Gasteiger partial charge on any atom is 0.342 e. The van der Waals surface area contributed by atoms with Gasteiger partial charge >= 0.3 is 7.60 Å². The Hall–Kier alpha value is -2.61. The fraction of sp³-hybridized carbons (Fsp3) is 0.455. The molecule has 0 saturated carbocycles. The summed E-state index contributed by atoms with van der Waals surface area (Å²) in [6.07, 6.45) is 0. The molecule has 0 aliphatic rings. The number of hydrogen-bond donors (Lipinski definition) is 1. The molecule has 0 radical (unpaired) electrons. The van der Waals surface area contributed by atoms with Crippen molar-refractivity contribution in [3.63, 3.8) is 0 Å². The highest BCUT2D eigenvalue weighted by atomic mass is 31.2. The Morgan fingerprint density at radius 2 is 1.28 bits per heavy atom. The highest BCUT2D eigenvalue weighted by Gasteiger charge is 2.43. The second-order valence-corrected chi connectivity index (χ2v) is 8.58. The van der Waals surface area contributed by atoms with Crippen molar-refractivity contribution in [2.75, 3.05) is 48.8 Å². The minimum absolute atomic E-state index is 0.122. The molecule has 9 nitrogen and oxygen atoms in total. The van der Waals surface area contributed by atoms with E-state index in [1.807, 2.05) is 0 Å². The Morgan fingerprint density at radius 1 is 0.750 bits per heavy atom. The zero-order chi connectivity index (χ0) is 23.9. The van der Waals surface area contributed by atoms with Crippen LogP contribution in [-0.4, -0.2) is 53.9 Å². The van der Waals surface area contributed by atoms with E-state index in [-0.39, 0.29) is 30.3 Å². The molecule has 0 saturated heterocycles. The first-order valence-corrected chi connectivity index (χ1v) is 11.6. The van der Waals surface area contributed by atoms with Crippen LogP contribution in [0.15, 0.2) is 24.3 Å². The summed E-state index contributed by atoms with van der Waals surface area (Å²) >= 11 is 0. The average molecular weight is 470 g/mol. The van der Waals surface area contributed by atoms with E-state index in [4.69, 9.17) is 32.7 Å². The molecule has 0 fully saturated rings. The van der Waals surface area contributed by atoms with Crippen molar-refractivity contribution in [1.82, 2.24) is 0 Å².